The van der Waals surface area contributed by atoms with Crippen molar-refractivity contribution in [3.05, 3.63) is 59.0 Å². The first kappa shape index (κ1) is 14.0. The lowest BCUT2D eigenvalue weighted by Crippen LogP contribution is -2.18. The van der Waals surface area contributed by atoms with E-state index in [2.05, 4.69) is 4.98 Å². The van der Waals surface area contributed by atoms with Crippen LogP contribution in [0.15, 0.2) is 36.4 Å². The summed E-state index contributed by atoms with van der Waals surface area (Å²) in [5, 5.41) is 8.97. The maximum atomic E-state index is 13.1. The molecule has 0 spiro atoms. The van der Waals surface area contributed by atoms with Gasteiger partial charge in [-0.2, -0.15) is 0 Å². The van der Waals surface area contributed by atoms with Gasteiger partial charge in [-0.05, 0) is 36.8 Å². The Bertz CT molecular complexity index is 644. The Hall–Kier alpha value is -2.43. The molecule has 0 fully saturated rings. The summed E-state index contributed by atoms with van der Waals surface area (Å²) in [5.74, 6) is -0.618. The Labute approximate surface area is 116 Å². The molecule has 1 aromatic carbocycles. The van der Waals surface area contributed by atoms with Gasteiger partial charge in [-0.15, -0.1) is 0 Å². The molecule has 0 saturated carbocycles. The predicted molar refractivity (Wildman–Crippen MR) is 74.4 cm³/mol. The average Bonchev–Trinajstić information content (AvgIpc) is 2.38. The molecule has 0 aliphatic rings. The summed E-state index contributed by atoms with van der Waals surface area (Å²) in [7, 11) is 1.83. The maximum absolute atomic E-state index is 13.1. The summed E-state index contributed by atoms with van der Waals surface area (Å²) in [4.78, 5) is 17.0. The first-order chi connectivity index (χ1) is 9.47. The number of aromatic nitrogens is 1. The summed E-state index contributed by atoms with van der Waals surface area (Å²) in [6.07, 6.45) is 0. The van der Waals surface area contributed by atoms with Crippen LogP contribution in [0.4, 0.5) is 10.2 Å². The third kappa shape index (κ3) is 3.12. The molecule has 0 radical (unpaired) electrons. The molecule has 0 aliphatic carbocycles. The van der Waals surface area contributed by atoms with Crippen LogP contribution in [0, 0.1) is 12.7 Å². The molecule has 0 atom stereocenters. The first-order valence-electron chi connectivity index (χ1n) is 6.14. The highest BCUT2D eigenvalue weighted by molar-refractivity contribution is 5.89. The second-order valence-corrected chi connectivity index (χ2v) is 4.59. The molecule has 0 unspecified atom stereocenters. The molecular formula is C15H15FN2O2. The number of benzene rings is 1. The molecule has 1 N–H and O–H groups in total. The Morgan fingerprint density at radius 2 is 2.10 bits per heavy atom. The largest absolute Gasteiger partial charge is 0.478 e. The topological polar surface area (TPSA) is 53.4 Å². The number of pyridine rings is 1. The Morgan fingerprint density at radius 1 is 1.35 bits per heavy atom. The lowest BCUT2D eigenvalue weighted by atomic mass is 10.2. The van der Waals surface area contributed by atoms with Crippen molar-refractivity contribution in [1.29, 1.82) is 0 Å². The van der Waals surface area contributed by atoms with Crippen LogP contribution >= 0.6 is 0 Å². The van der Waals surface area contributed by atoms with Gasteiger partial charge in [-0.1, -0.05) is 12.1 Å². The van der Waals surface area contributed by atoms with Gasteiger partial charge in [0.2, 0.25) is 0 Å². The minimum atomic E-state index is -0.991. The minimum absolute atomic E-state index is 0.188. The van der Waals surface area contributed by atoms with Crippen molar-refractivity contribution in [2.24, 2.45) is 0 Å². The maximum Gasteiger partial charge on any atom is 0.337 e. The van der Waals surface area contributed by atoms with Crippen LogP contribution in [0.2, 0.25) is 0 Å². The van der Waals surface area contributed by atoms with E-state index in [9.17, 15) is 9.18 Å². The zero-order chi connectivity index (χ0) is 14.7. The fourth-order valence-electron chi connectivity index (χ4n) is 1.98. The zero-order valence-electron chi connectivity index (χ0n) is 11.3. The molecule has 104 valence electrons. The highest BCUT2D eigenvalue weighted by Crippen LogP contribution is 2.16. The van der Waals surface area contributed by atoms with Crippen LogP contribution in [0.25, 0.3) is 0 Å². The van der Waals surface area contributed by atoms with E-state index in [0.29, 0.717) is 18.1 Å². The number of hydrogen-bond acceptors (Lipinski definition) is 3. The van der Waals surface area contributed by atoms with Crippen molar-refractivity contribution in [3.8, 4) is 0 Å². The number of carboxylic acid groups (broad SMARTS) is 1. The first-order valence-corrected chi connectivity index (χ1v) is 6.14. The van der Waals surface area contributed by atoms with Gasteiger partial charge in [-0.3, -0.25) is 0 Å². The lowest BCUT2D eigenvalue weighted by molar-refractivity contribution is 0.0695. The fourth-order valence-corrected chi connectivity index (χ4v) is 1.98. The number of nitrogens with zero attached hydrogens (tertiary/aromatic N) is 2. The molecule has 4 nitrogen and oxygen atoms in total. The van der Waals surface area contributed by atoms with Gasteiger partial charge in [0.1, 0.15) is 11.6 Å². The fraction of sp³-hybridized carbons (Fsp3) is 0.200. The summed E-state index contributed by atoms with van der Waals surface area (Å²) < 4.78 is 13.1. The molecule has 1 aromatic heterocycles. The second-order valence-electron chi connectivity index (χ2n) is 4.59. The van der Waals surface area contributed by atoms with Gasteiger partial charge >= 0.3 is 5.97 Å². The van der Waals surface area contributed by atoms with Crippen LogP contribution < -0.4 is 4.90 Å². The number of anilines is 1. The van der Waals surface area contributed by atoms with E-state index < -0.39 is 5.97 Å². The van der Waals surface area contributed by atoms with Gasteiger partial charge in [0, 0.05) is 13.6 Å². The van der Waals surface area contributed by atoms with Gasteiger partial charge in [0.25, 0.3) is 0 Å². The number of aromatic carboxylic acids is 1. The quantitative estimate of drug-likeness (QED) is 0.931. The number of hydrogen-bond donors (Lipinski definition) is 1. The second kappa shape index (κ2) is 5.69. The Balaban J connectivity index is 2.19. The molecule has 0 aliphatic heterocycles. The van der Waals surface area contributed by atoms with E-state index >= 15 is 0 Å². The Morgan fingerprint density at radius 3 is 2.70 bits per heavy atom. The number of carboxylic acids is 1. The molecule has 20 heavy (non-hydrogen) atoms. The number of rotatable bonds is 4. The smallest absolute Gasteiger partial charge is 0.337 e. The van der Waals surface area contributed by atoms with Gasteiger partial charge in [0.05, 0.1) is 11.3 Å². The lowest BCUT2D eigenvalue weighted by Gasteiger charge is -2.19. The van der Waals surface area contributed by atoms with Crippen LogP contribution in [0.5, 0.6) is 0 Å². The van der Waals surface area contributed by atoms with E-state index in [0.717, 1.165) is 5.56 Å². The number of carbonyl (C=O) groups is 1. The third-order valence-electron chi connectivity index (χ3n) is 3.00. The third-order valence-corrected chi connectivity index (χ3v) is 3.00. The van der Waals surface area contributed by atoms with Crippen molar-refractivity contribution in [2.75, 3.05) is 11.9 Å². The molecule has 2 aromatic rings. The van der Waals surface area contributed by atoms with Crippen LogP contribution in [0.1, 0.15) is 21.6 Å². The molecule has 1 heterocycles. The van der Waals surface area contributed by atoms with E-state index in [1.807, 2.05) is 18.0 Å². The van der Waals surface area contributed by atoms with Crippen LogP contribution in [-0.4, -0.2) is 23.1 Å². The minimum Gasteiger partial charge on any atom is -0.478 e. The summed E-state index contributed by atoms with van der Waals surface area (Å²) >= 11 is 0. The summed E-state index contributed by atoms with van der Waals surface area (Å²) in [6.45, 7) is 2.15. The normalized spacial score (nSPS) is 10.3. The monoisotopic (exact) mass is 274 g/mol. The van der Waals surface area contributed by atoms with Gasteiger partial charge in [0.15, 0.2) is 0 Å². The molecular weight excluding hydrogens is 259 g/mol. The number of halogens is 1. The van der Waals surface area contributed by atoms with E-state index in [1.165, 1.54) is 18.2 Å². The predicted octanol–water partition coefficient (Wildman–Crippen LogP) is 2.86. The summed E-state index contributed by atoms with van der Waals surface area (Å²) in [5.41, 5.74) is 1.48. The molecule has 0 saturated heterocycles. The van der Waals surface area contributed by atoms with Gasteiger partial charge < -0.3 is 10.0 Å². The van der Waals surface area contributed by atoms with Crippen molar-refractivity contribution in [1.82, 2.24) is 4.98 Å². The standard InChI is InChI=1S/C15H15FN2O2/c1-10-13(15(19)20)6-7-14(17-10)18(2)9-11-4-3-5-12(16)8-11/h3-8H,9H2,1-2H3,(H,19,20). The Kier molecular flexibility index (Phi) is 3.98. The zero-order valence-corrected chi connectivity index (χ0v) is 11.3. The molecule has 0 amide bonds. The molecule has 5 heteroatoms. The van der Waals surface area contributed by atoms with Crippen molar-refractivity contribution in [2.45, 2.75) is 13.5 Å². The van der Waals surface area contributed by atoms with E-state index in [4.69, 9.17) is 5.11 Å². The summed E-state index contributed by atoms with van der Waals surface area (Å²) in [6, 6.07) is 9.53. The van der Waals surface area contributed by atoms with Crippen LogP contribution in [-0.2, 0) is 6.54 Å². The van der Waals surface area contributed by atoms with Gasteiger partial charge in [-0.25, -0.2) is 14.2 Å². The van der Waals surface area contributed by atoms with E-state index in [1.54, 1.807) is 19.1 Å². The highest BCUT2D eigenvalue weighted by Gasteiger charge is 2.11. The van der Waals surface area contributed by atoms with Crippen molar-refractivity contribution in [3.63, 3.8) is 0 Å². The average molecular weight is 274 g/mol. The van der Waals surface area contributed by atoms with E-state index in [-0.39, 0.29) is 11.4 Å². The molecule has 0 bridgehead atoms. The SMILES string of the molecule is Cc1nc(N(C)Cc2cccc(F)c2)ccc1C(=O)O. The van der Waals surface area contributed by atoms with Crippen LogP contribution in [0.3, 0.4) is 0 Å². The molecule has 2 rings (SSSR count). The number of aryl methyl sites for hydroxylation is 1. The van der Waals surface area contributed by atoms with Crippen molar-refractivity contribution >= 4 is 11.8 Å². The van der Waals surface area contributed by atoms with Crippen molar-refractivity contribution < 1.29 is 14.3 Å². The highest BCUT2D eigenvalue weighted by atomic mass is 19.1.